The fourth-order valence-electron chi connectivity index (χ4n) is 1.52. The monoisotopic (exact) mass is 352 g/mol. The van der Waals surface area contributed by atoms with Gasteiger partial charge in [-0.1, -0.05) is 15.9 Å². The van der Waals surface area contributed by atoms with E-state index in [1.165, 1.54) is 6.07 Å². The maximum absolute atomic E-state index is 13.4. The molecule has 0 aliphatic carbocycles. The Morgan fingerprint density at radius 3 is 2.84 bits per heavy atom. The van der Waals surface area contributed by atoms with Crippen LogP contribution in [-0.4, -0.2) is 18.5 Å². The van der Waals surface area contributed by atoms with Crippen molar-refractivity contribution in [2.45, 2.75) is 32.2 Å². The molecule has 0 spiro atoms. The fraction of sp³-hybridized carbons (Fsp3) is 0.462. The van der Waals surface area contributed by atoms with Gasteiger partial charge in [0, 0.05) is 23.5 Å². The molecule has 1 aromatic rings. The molecule has 3 nitrogen and oxygen atoms in total. The predicted octanol–water partition coefficient (Wildman–Crippen LogP) is 2.80. The molecule has 3 N–H and O–H groups in total. The zero-order chi connectivity index (χ0) is 13.5. The third kappa shape index (κ3) is 7.50. The Balaban J connectivity index is 0.00000324. The first-order chi connectivity index (χ1) is 8.49. The second-order valence-electron chi connectivity index (χ2n) is 4.35. The van der Waals surface area contributed by atoms with Gasteiger partial charge in [-0.25, -0.2) is 4.39 Å². The van der Waals surface area contributed by atoms with E-state index >= 15 is 0 Å². The number of nitrogens with two attached hydrogens (primary N) is 1. The number of hydrogen-bond donors (Lipinski definition) is 2. The fourth-order valence-corrected chi connectivity index (χ4v) is 1.93. The zero-order valence-corrected chi connectivity index (χ0v) is 13.2. The van der Waals surface area contributed by atoms with Crippen molar-refractivity contribution in [3.8, 4) is 0 Å². The molecule has 0 saturated carbocycles. The first-order valence-electron chi connectivity index (χ1n) is 5.95. The van der Waals surface area contributed by atoms with E-state index in [9.17, 15) is 9.18 Å². The van der Waals surface area contributed by atoms with Gasteiger partial charge in [0.05, 0.1) is 0 Å². The van der Waals surface area contributed by atoms with E-state index in [0.29, 0.717) is 31.4 Å². The summed E-state index contributed by atoms with van der Waals surface area (Å²) in [5, 5.41) is 2.76. The molecule has 1 unspecified atom stereocenters. The molecular weight excluding hydrogens is 335 g/mol. The molecule has 0 saturated heterocycles. The summed E-state index contributed by atoms with van der Waals surface area (Å²) in [5.74, 6) is -0.286. The van der Waals surface area contributed by atoms with Crippen molar-refractivity contribution in [2.24, 2.45) is 5.73 Å². The van der Waals surface area contributed by atoms with Crippen LogP contribution in [0, 0.1) is 5.82 Å². The highest BCUT2D eigenvalue weighted by molar-refractivity contribution is 9.10. The van der Waals surface area contributed by atoms with Crippen molar-refractivity contribution in [3.05, 3.63) is 34.1 Å². The molecule has 1 amide bonds. The van der Waals surface area contributed by atoms with Crippen LogP contribution in [0.2, 0.25) is 0 Å². The van der Waals surface area contributed by atoms with Crippen molar-refractivity contribution < 1.29 is 9.18 Å². The standard InChI is InChI=1S/C13H18BrFN2O.ClH/c1-9(16)2-5-13(18)17-7-6-10-8-11(14)3-4-12(10)15;/h3-4,8-9H,2,5-7,16H2,1H3,(H,17,18);1H. The molecule has 1 aromatic carbocycles. The van der Waals surface area contributed by atoms with Crippen molar-refractivity contribution in [3.63, 3.8) is 0 Å². The highest BCUT2D eigenvalue weighted by atomic mass is 79.9. The Labute approximate surface area is 127 Å². The highest BCUT2D eigenvalue weighted by Gasteiger charge is 2.05. The molecule has 0 heterocycles. The first-order valence-corrected chi connectivity index (χ1v) is 6.74. The lowest BCUT2D eigenvalue weighted by Crippen LogP contribution is -2.27. The number of halogens is 3. The molecule has 0 fully saturated rings. The van der Waals surface area contributed by atoms with E-state index in [1.54, 1.807) is 12.1 Å². The second-order valence-corrected chi connectivity index (χ2v) is 5.27. The molecule has 1 atom stereocenters. The topological polar surface area (TPSA) is 55.1 Å². The third-order valence-electron chi connectivity index (χ3n) is 2.55. The van der Waals surface area contributed by atoms with Gasteiger partial charge < -0.3 is 11.1 Å². The average Bonchev–Trinajstić information content (AvgIpc) is 2.31. The van der Waals surface area contributed by atoms with Crippen LogP contribution in [0.5, 0.6) is 0 Å². The van der Waals surface area contributed by atoms with Gasteiger partial charge in [0.2, 0.25) is 5.91 Å². The third-order valence-corrected chi connectivity index (χ3v) is 3.04. The van der Waals surface area contributed by atoms with Crippen LogP contribution < -0.4 is 11.1 Å². The second kappa shape index (κ2) is 9.28. The molecular formula is C13H19BrClFN2O. The summed E-state index contributed by atoms with van der Waals surface area (Å²) in [4.78, 5) is 11.4. The van der Waals surface area contributed by atoms with Crippen LogP contribution in [0.1, 0.15) is 25.3 Å². The lowest BCUT2D eigenvalue weighted by atomic mass is 10.1. The Bertz CT molecular complexity index is 416. The van der Waals surface area contributed by atoms with E-state index in [1.807, 2.05) is 6.92 Å². The number of benzene rings is 1. The molecule has 0 aromatic heterocycles. The first kappa shape index (κ1) is 18.4. The molecule has 0 bridgehead atoms. The zero-order valence-electron chi connectivity index (χ0n) is 10.8. The number of hydrogen-bond acceptors (Lipinski definition) is 2. The van der Waals surface area contributed by atoms with E-state index in [0.717, 1.165) is 4.47 Å². The van der Waals surface area contributed by atoms with Crippen molar-refractivity contribution in [1.29, 1.82) is 0 Å². The Kier molecular flexibility index (Phi) is 8.97. The number of carbonyl (C=O) groups excluding carboxylic acids is 1. The van der Waals surface area contributed by atoms with Crippen LogP contribution in [0.3, 0.4) is 0 Å². The largest absolute Gasteiger partial charge is 0.356 e. The van der Waals surface area contributed by atoms with Gasteiger partial charge in [0.1, 0.15) is 5.82 Å². The summed E-state index contributed by atoms with van der Waals surface area (Å²) in [7, 11) is 0. The SMILES string of the molecule is CC(N)CCC(=O)NCCc1cc(Br)ccc1F.Cl. The quantitative estimate of drug-likeness (QED) is 0.826. The minimum atomic E-state index is -0.247. The molecule has 1 rings (SSSR count). The smallest absolute Gasteiger partial charge is 0.220 e. The maximum atomic E-state index is 13.4. The van der Waals surface area contributed by atoms with Gasteiger partial charge in [0.15, 0.2) is 0 Å². The summed E-state index contributed by atoms with van der Waals surface area (Å²) in [6.07, 6.45) is 1.56. The van der Waals surface area contributed by atoms with Gasteiger partial charge >= 0.3 is 0 Å². The molecule has 0 aliphatic heterocycles. The lowest BCUT2D eigenvalue weighted by Gasteiger charge is -2.08. The minimum absolute atomic E-state index is 0. The predicted molar refractivity (Wildman–Crippen MR) is 80.9 cm³/mol. The van der Waals surface area contributed by atoms with Crippen LogP contribution in [0.15, 0.2) is 22.7 Å². The minimum Gasteiger partial charge on any atom is -0.356 e. The van der Waals surface area contributed by atoms with Gasteiger partial charge in [-0.05, 0) is 43.5 Å². The molecule has 6 heteroatoms. The van der Waals surface area contributed by atoms with Crippen molar-refractivity contribution in [1.82, 2.24) is 5.32 Å². The van der Waals surface area contributed by atoms with E-state index < -0.39 is 0 Å². The van der Waals surface area contributed by atoms with Crippen LogP contribution >= 0.6 is 28.3 Å². The van der Waals surface area contributed by atoms with Crippen molar-refractivity contribution >= 4 is 34.2 Å². The summed E-state index contributed by atoms with van der Waals surface area (Å²) in [6.45, 7) is 2.30. The summed E-state index contributed by atoms with van der Waals surface area (Å²) < 4.78 is 14.2. The van der Waals surface area contributed by atoms with Crippen LogP contribution in [0.25, 0.3) is 0 Å². The molecule has 0 aliphatic rings. The summed E-state index contributed by atoms with van der Waals surface area (Å²) in [5.41, 5.74) is 6.16. The van der Waals surface area contributed by atoms with Crippen molar-refractivity contribution in [2.75, 3.05) is 6.54 Å². The lowest BCUT2D eigenvalue weighted by molar-refractivity contribution is -0.121. The maximum Gasteiger partial charge on any atom is 0.220 e. The number of nitrogens with one attached hydrogen (secondary N) is 1. The highest BCUT2D eigenvalue weighted by Crippen LogP contribution is 2.15. The number of carbonyl (C=O) groups is 1. The normalized spacial score (nSPS) is 11.6. The van der Waals surface area contributed by atoms with E-state index in [-0.39, 0.29) is 30.2 Å². The van der Waals surface area contributed by atoms with Gasteiger partial charge in [-0.15, -0.1) is 12.4 Å². The Morgan fingerprint density at radius 2 is 2.21 bits per heavy atom. The summed E-state index contributed by atoms with van der Waals surface area (Å²) in [6, 6.07) is 4.82. The van der Waals surface area contributed by atoms with Gasteiger partial charge in [0.25, 0.3) is 0 Å². The number of amides is 1. The summed E-state index contributed by atoms with van der Waals surface area (Å²) >= 11 is 3.29. The van der Waals surface area contributed by atoms with Gasteiger partial charge in [-0.3, -0.25) is 4.79 Å². The van der Waals surface area contributed by atoms with Crippen LogP contribution in [-0.2, 0) is 11.2 Å². The Hall–Kier alpha value is -0.650. The van der Waals surface area contributed by atoms with Gasteiger partial charge in [-0.2, -0.15) is 0 Å². The molecule has 19 heavy (non-hydrogen) atoms. The molecule has 108 valence electrons. The van der Waals surface area contributed by atoms with Crippen LogP contribution in [0.4, 0.5) is 4.39 Å². The van der Waals surface area contributed by atoms with E-state index in [2.05, 4.69) is 21.2 Å². The van der Waals surface area contributed by atoms with E-state index in [4.69, 9.17) is 5.73 Å². The molecule has 0 radical (unpaired) electrons. The number of rotatable bonds is 6. The Morgan fingerprint density at radius 1 is 1.53 bits per heavy atom. The average molecular weight is 354 g/mol.